The summed E-state index contributed by atoms with van der Waals surface area (Å²) in [7, 11) is 3.98. The van der Waals surface area contributed by atoms with E-state index in [0.717, 1.165) is 28.9 Å². The van der Waals surface area contributed by atoms with Gasteiger partial charge in [0.25, 0.3) is 5.91 Å². The molecule has 0 spiro atoms. The van der Waals surface area contributed by atoms with Crippen LogP contribution in [0.2, 0.25) is 0 Å². The maximum absolute atomic E-state index is 13.3. The number of carbonyl (C=O) groups is 2. The molecule has 2 aromatic rings. The van der Waals surface area contributed by atoms with Gasteiger partial charge in [-0.15, -0.1) is 0 Å². The molecule has 162 valence electrons. The fraction of sp³-hybridized carbons (Fsp3) is 0.440. The Balaban J connectivity index is 2.36. The summed E-state index contributed by atoms with van der Waals surface area (Å²) >= 11 is 0. The second kappa shape index (κ2) is 10.8. The van der Waals surface area contributed by atoms with E-state index in [2.05, 4.69) is 19.2 Å². The molecular formula is C25H35N3O2. The zero-order chi connectivity index (χ0) is 22.3. The smallest absolute Gasteiger partial charge is 0.254 e. The first kappa shape index (κ1) is 23.5. The Hall–Kier alpha value is -2.82. The molecule has 0 bridgehead atoms. The van der Waals surface area contributed by atoms with Crippen LogP contribution in [0.25, 0.3) is 0 Å². The third-order valence-corrected chi connectivity index (χ3v) is 4.82. The average molecular weight is 410 g/mol. The van der Waals surface area contributed by atoms with E-state index in [4.69, 9.17) is 0 Å². The van der Waals surface area contributed by atoms with Crippen LogP contribution in [0, 0.1) is 12.8 Å². The van der Waals surface area contributed by atoms with Crippen molar-refractivity contribution in [2.24, 2.45) is 5.92 Å². The van der Waals surface area contributed by atoms with Crippen LogP contribution >= 0.6 is 0 Å². The van der Waals surface area contributed by atoms with Gasteiger partial charge in [-0.05, 0) is 55.2 Å². The normalized spacial score (nSPS) is 10.8. The molecule has 2 rings (SSSR count). The zero-order valence-electron chi connectivity index (χ0n) is 19.2. The summed E-state index contributed by atoms with van der Waals surface area (Å²) in [5.74, 6) is 0.377. The number of rotatable bonds is 9. The highest BCUT2D eigenvalue weighted by Crippen LogP contribution is 2.26. The first-order valence-corrected chi connectivity index (χ1v) is 10.7. The van der Waals surface area contributed by atoms with Crippen LogP contribution in [-0.2, 0) is 11.3 Å². The van der Waals surface area contributed by atoms with E-state index in [1.807, 2.05) is 80.2 Å². The molecule has 5 heteroatoms. The minimum atomic E-state index is 0.0101. The number of amides is 2. The molecule has 5 nitrogen and oxygen atoms in total. The number of benzene rings is 2. The van der Waals surface area contributed by atoms with E-state index < -0.39 is 0 Å². The van der Waals surface area contributed by atoms with Gasteiger partial charge in [0.15, 0.2) is 0 Å². The number of anilines is 2. The van der Waals surface area contributed by atoms with Crippen molar-refractivity contribution < 1.29 is 9.59 Å². The molecule has 0 saturated carbocycles. The van der Waals surface area contributed by atoms with Gasteiger partial charge < -0.3 is 15.1 Å². The molecule has 2 aromatic carbocycles. The summed E-state index contributed by atoms with van der Waals surface area (Å²) in [4.78, 5) is 29.3. The maximum atomic E-state index is 13.3. The quantitative estimate of drug-likeness (QED) is 0.627. The monoisotopic (exact) mass is 409 g/mol. The van der Waals surface area contributed by atoms with Crippen molar-refractivity contribution in [2.45, 2.75) is 47.1 Å². The van der Waals surface area contributed by atoms with Gasteiger partial charge >= 0.3 is 0 Å². The van der Waals surface area contributed by atoms with Gasteiger partial charge in [-0.1, -0.05) is 38.5 Å². The van der Waals surface area contributed by atoms with Gasteiger partial charge in [-0.3, -0.25) is 9.59 Å². The number of nitrogens with zero attached hydrogens (tertiary/aromatic N) is 2. The zero-order valence-corrected chi connectivity index (χ0v) is 19.2. The van der Waals surface area contributed by atoms with E-state index in [1.165, 1.54) is 0 Å². The van der Waals surface area contributed by atoms with Crippen molar-refractivity contribution in [1.82, 2.24) is 4.90 Å². The fourth-order valence-corrected chi connectivity index (χ4v) is 3.50. The van der Waals surface area contributed by atoms with E-state index in [-0.39, 0.29) is 11.8 Å². The molecule has 30 heavy (non-hydrogen) atoms. The van der Waals surface area contributed by atoms with Crippen LogP contribution in [0.1, 0.15) is 55.1 Å². The first-order valence-electron chi connectivity index (χ1n) is 10.7. The van der Waals surface area contributed by atoms with Gasteiger partial charge in [0, 0.05) is 50.5 Å². The Morgan fingerprint density at radius 3 is 2.40 bits per heavy atom. The maximum Gasteiger partial charge on any atom is 0.254 e. The lowest BCUT2D eigenvalue weighted by Crippen LogP contribution is -2.34. The summed E-state index contributed by atoms with van der Waals surface area (Å²) in [6.45, 7) is 9.36. The molecular weight excluding hydrogens is 374 g/mol. The standard InChI is InChI=1S/C25H35N3O2/c1-7-9-24(29)26-22-12-13-23(27(5)6)21(15-22)17-28(16-18(2)3)25(30)20-11-8-10-19(4)14-20/h8,10-15,18H,7,9,16-17H2,1-6H3,(H,26,29). The van der Waals surface area contributed by atoms with Gasteiger partial charge in [-0.2, -0.15) is 0 Å². The van der Waals surface area contributed by atoms with Crippen LogP contribution < -0.4 is 10.2 Å². The highest BCUT2D eigenvalue weighted by atomic mass is 16.2. The molecule has 0 unspecified atom stereocenters. The van der Waals surface area contributed by atoms with Crippen LogP contribution in [0.5, 0.6) is 0 Å². The average Bonchev–Trinajstić information content (AvgIpc) is 2.66. The lowest BCUT2D eigenvalue weighted by molar-refractivity contribution is -0.116. The third kappa shape index (κ3) is 6.61. The molecule has 0 aliphatic heterocycles. The van der Waals surface area contributed by atoms with Crippen molar-refractivity contribution in [2.75, 3.05) is 30.9 Å². The molecule has 0 fully saturated rings. The third-order valence-electron chi connectivity index (χ3n) is 4.82. The lowest BCUT2D eigenvalue weighted by Gasteiger charge is -2.28. The van der Waals surface area contributed by atoms with Crippen molar-refractivity contribution in [3.63, 3.8) is 0 Å². The van der Waals surface area contributed by atoms with E-state index in [9.17, 15) is 9.59 Å². The summed E-state index contributed by atoms with van der Waals surface area (Å²) in [5, 5.41) is 2.97. The molecule has 0 aliphatic rings. The molecule has 0 heterocycles. The van der Waals surface area contributed by atoms with Gasteiger partial charge in [0.2, 0.25) is 5.91 Å². The first-order chi connectivity index (χ1) is 14.2. The molecule has 2 amide bonds. The molecule has 0 atom stereocenters. The van der Waals surface area contributed by atoms with Gasteiger partial charge in [0.1, 0.15) is 0 Å². The van der Waals surface area contributed by atoms with E-state index >= 15 is 0 Å². The van der Waals surface area contributed by atoms with Crippen LogP contribution in [0.4, 0.5) is 11.4 Å². The van der Waals surface area contributed by atoms with Crippen LogP contribution in [-0.4, -0.2) is 37.4 Å². The predicted octanol–water partition coefficient (Wildman–Crippen LogP) is 5.10. The molecule has 0 aliphatic carbocycles. The highest BCUT2D eigenvalue weighted by molar-refractivity contribution is 5.94. The minimum absolute atomic E-state index is 0.0101. The Labute approximate surface area is 181 Å². The Morgan fingerprint density at radius 1 is 1.07 bits per heavy atom. The number of carbonyl (C=O) groups excluding carboxylic acids is 2. The summed E-state index contributed by atoms with van der Waals surface area (Å²) in [6, 6.07) is 13.6. The lowest BCUT2D eigenvalue weighted by atomic mass is 10.1. The Kier molecular flexibility index (Phi) is 8.46. The van der Waals surface area contributed by atoms with Crippen LogP contribution in [0.15, 0.2) is 42.5 Å². The van der Waals surface area contributed by atoms with Gasteiger partial charge in [0.05, 0.1) is 0 Å². The second-order valence-corrected chi connectivity index (χ2v) is 8.49. The number of hydrogen-bond donors (Lipinski definition) is 1. The van der Waals surface area contributed by atoms with Crippen molar-refractivity contribution in [1.29, 1.82) is 0 Å². The Bertz CT molecular complexity index is 874. The highest BCUT2D eigenvalue weighted by Gasteiger charge is 2.20. The topological polar surface area (TPSA) is 52.7 Å². The van der Waals surface area contributed by atoms with Gasteiger partial charge in [-0.25, -0.2) is 0 Å². The van der Waals surface area contributed by atoms with Crippen molar-refractivity contribution in [3.05, 3.63) is 59.2 Å². The van der Waals surface area contributed by atoms with E-state index in [1.54, 1.807) is 0 Å². The molecule has 0 radical (unpaired) electrons. The molecule has 1 N–H and O–H groups in total. The number of hydrogen-bond acceptors (Lipinski definition) is 3. The summed E-state index contributed by atoms with van der Waals surface area (Å²) in [6.07, 6.45) is 1.30. The summed E-state index contributed by atoms with van der Waals surface area (Å²) < 4.78 is 0. The Morgan fingerprint density at radius 2 is 1.80 bits per heavy atom. The van der Waals surface area contributed by atoms with Crippen molar-refractivity contribution >= 4 is 23.2 Å². The second-order valence-electron chi connectivity index (χ2n) is 8.49. The SMILES string of the molecule is CCCC(=O)Nc1ccc(N(C)C)c(CN(CC(C)C)C(=O)c2cccc(C)c2)c1. The molecule has 0 aromatic heterocycles. The largest absolute Gasteiger partial charge is 0.377 e. The van der Waals surface area contributed by atoms with Crippen molar-refractivity contribution in [3.8, 4) is 0 Å². The fourth-order valence-electron chi connectivity index (χ4n) is 3.50. The summed E-state index contributed by atoms with van der Waals surface area (Å²) in [5.41, 5.74) is 4.58. The number of aryl methyl sites for hydroxylation is 1. The van der Waals surface area contributed by atoms with E-state index in [0.29, 0.717) is 31.0 Å². The van der Waals surface area contributed by atoms with Crippen LogP contribution in [0.3, 0.4) is 0 Å². The number of nitrogens with one attached hydrogen (secondary N) is 1. The predicted molar refractivity (Wildman–Crippen MR) is 125 cm³/mol. The molecule has 0 saturated heterocycles. The minimum Gasteiger partial charge on any atom is -0.377 e.